The minimum atomic E-state index is -1.94. The monoisotopic (exact) mass is 209 g/mol. The van der Waals surface area contributed by atoms with E-state index in [1.807, 2.05) is 0 Å². The molecule has 1 atom stereocenters. The summed E-state index contributed by atoms with van der Waals surface area (Å²) in [4.78, 5) is 16.7. The first-order chi connectivity index (χ1) is 7.15. The number of hydroxylamine groups is 1. The van der Waals surface area contributed by atoms with Gasteiger partial charge < -0.3 is 9.84 Å². The molecule has 0 aliphatic carbocycles. The largest absolute Gasteiger partial charge is 0.354 e. The van der Waals surface area contributed by atoms with Crippen molar-refractivity contribution in [3.05, 3.63) is 29.8 Å². The van der Waals surface area contributed by atoms with Crippen molar-refractivity contribution >= 4 is 11.6 Å². The Kier molecular flexibility index (Phi) is 2.22. The van der Waals surface area contributed by atoms with Gasteiger partial charge in [0.15, 0.2) is 0 Å². The molecule has 5 nitrogen and oxygen atoms in total. The van der Waals surface area contributed by atoms with Crippen molar-refractivity contribution in [1.29, 1.82) is 0 Å². The number of hydrogen-bond donors (Lipinski definition) is 1. The molecule has 1 unspecified atom stereocenters. The second-order valence-electron chi connectivity index (χ2n) is 3.15. The number of aliphatic hydroxyl groups is 1. The molecule has 1 N–H and O–H groups in total. The first-order valence-electron chi connectivity index (χ1n) is 4.41. The zero-order valence-electron chi connectivity index (χ0n) is 8.43. The zero-order valence-corrected chi connectivity index (χ0v) is 8.43. The standard InChI is InChI=1S/C10H11NO4/c1-14-10(13)7-5-3-4-6-8(7)11(15-2)9(10)12/h3-6,13H,1-2H3. The third kappa shape index (κ3) is 1.18. The second kappa shape index (κ2) is 3.30. The number of ether oxygens (including phenoxy) is 1. The van der Waals surface area contributed by atoms with E-state index in [0.717, 1.165) is 5.06 Å². The highest BCUT2D eigenvalue weighted by Crippen LogP contribution is 2.40. The molecule has 1 aliphatic heterocycles. The van der Waals surface area contributed by atoms with Crippen molar-refractivity contribution in [2.75, 3.05) is 19.3 Å². The van der Waals surface area contributed by atoms with Crippen molar-refractivity contribution in [2.45, 2.75) is 5.79 Å². The van der Waals surface area contributed by atoms with Crippen LogP contribution in [0.4, 0.5) is 5.69 Å². The fraction of sp³-hybridized carbons (Fsp3) is 0.300. The lowest BCUT2D eigenvalue weighted by Gasteiger charge is -2.19. The third-order valence-corrected chi connectivity index (χ3v) is 2.44. The average Bonchev–Trinajstić information content (AvgIpc) is 2.50. The number of rotatable bonds is 2. The summed E-state index contributed by atoms with van der Waals surface area (Å²) in [5, 5.41) is 11.0. The molecule has 2 rings (SSSR count). The van der Waals surface area contributed by atoms with E-state index in [2.05, 4.69) is 0 Å². The van der Waals surface area contributed by atoms with Gasteiger partial charge in [-0.05, 0) is 6.07 Å². The molecule has 1 heterocycles. The quantitative estimate of drug-likeness (QED) is 0.715. The number of carbonyl (C=O) groups excluding carboxylic acids is 1. The van der Waals surface area contributed by atoms with Gasteiger partial charge >= 0.3 is 5.91 Å². The summed E-state index contributed by atoms with van der Waals surface area (Å²) in [6.45, 7) is 0. The molecule has 0 saturated carbocycles. The van der Waals surface area contributed by atoms with Crippen molar-refractivity contribution in [2.24, 2.45) is 0 Å². The molecule has 5 heteroatoms. The van der Waals surface area contributed by atoms with Gasteiger partial charge in [-0.1, -0.05) is 18.2 Å². The molecular formula is C10H11NO4. The Morgan fingerprint density at radius 1 is 1.33 bits per heavy atom. The number of methoxy groups -OCH3 is 1. The lowest BCUT2D eigenvalue weighted by atomic mass is 10.1. The normalized spacial score (nSPS) is 24.5. The Bertz CT molecular complexity index is 406. The van der Waals surface area contributed by atoms with Crippen LogP contribution in [0.3, 0.4) is 0 Å². The molecule has 0 radical (unpaired) electrons. The molecule has 0 saturated heterocycles. The number of fused-ring (bicyclic) bond motifs is 1. The van der Waals surface area contributed by atoms with Crippen LogP contribution in [0.5, 0.6) is 0 Å². The number of anilines is 1. The van der Waals surface area contributed by atoms with E-state index in [0.29, 0.717) is 11.3 Å². The molecule has 1 aromatic carbocycles. The summed E-state index contributed by atoms with van der Waals surface area (Å²) in [7, 11) is 2.63. The van der Waals surface area contributed by atoms with E-state index in [-0.39, 0.29) is 0 Å². The van der Waals surface area contributed by atoms with E-state index in [9.17, 15) is 9.90 Å². The van der Waals surface area contributed by atoms with Crippen LogP contribution in [-0.4, -0.2) is 25.2 Å². The van der Waals surface area contributed by atoms with Crippen LogP contribution < -0.4 is 5.06 Å². The maximum Gasteiger partial charge on any atom is 0.316 e. The predicted molar refractivity (Wildman–Crippen MR) is 51.8 cm³/mol. The van der Waals surface area contributed by atoms with Crippen molar-refractivity contribution in [3.8, 4) is 0 Å². The Balaban J connectivity index is 2.61. The summed E-state index contributed by atoms with van der Waals surface area (Å²) >= 11 is 0. The minimum absolute atomic E-state index is 0.388. The summed E-state index contributed by atoms with van der Waals surface area (Å²) in [5.41, 5.74) is 0.883. The topological polar surface area (TPSA) is 59.0 Å². The van der Waals surface area contributed by atoms with Gasteiger partial charge in [0, 0.05) is 12.7 Å². The van der Waals surface area contributed by atoms with Crippen LogP contribution >= 0.6 is 0 Å². The molecule has 1 aromatic rings. The summed E-state index contributed by atoms with van der Waals surface area (Å²) in [6, 6.07) is 6.76. The second-order valence-corrected chi connectivity index (χ2v) is 3.15. The molecule has 0 fully saturated rings. The highest BCUT2D eigenvalue weighted by Gasteiger charge is 2.51. The van der Waals surface area contributed by atoms with Crippen LogP contribution in [0.1, 0.15) is 5.56 Å². The number of para-hydroxylation sites is 1. The van der Waals surface area contributed by atoms with Gasteiger partial charge in [0.25, 0.3) is 5.79 Å². The third-order valence-electron chi connectivity index (χ3n) is 2.44. The molecular weight excluding hydrogens is 198 g/mol. The smallest absolute Gasteiger partial charge is 0.316 e. The van der Waals surface area contributed by atoms with Crippen LogP contribution in [0.15, 0.2) is 24.3 Å². The van der Waals surface area contributed by atoms with Gasteiger partial charge in [-0.2, -0.15) is 5.06 Å². The first-order valence-corrected chi connectivity index (χ1v) is 4.41. The summed E-state index contributed by atoms with van der Waals surface area (Å²) in [5.74, 6) is -2.58. The Hall–Kier alpha value is -1.43. The molecule has 0 aromatic heterocycles. The van der Waals surface area contributed by atoms with Gasteiger partial charge in [-0.3, -0.25) is 9.63 Å². The van der Waals surface area contributed by atoms with Gasteiger partial charge in [0.2, 0.25) is 0 Å². The van der Waals surface area contributed by atoms with Crippen molar-refractivity contribution in [3.63, 3.8) is 0 Å². The number of nitrogens with zero attached hydrogens (tertiary/aromatic N) is 1. The Morgan fingerprint density at radius 3 is 2.60 bits per heavy atom. The lowest BCUT2D eigenvalue weighted by molar-refractivity contribution is -0.199. The van der Waals surface area contributed by atoms with E-state index in [4.69, 9.17) is 9.57 Å². The maximum atomic E-state index is 11.8. The number of carbonyl (C=O) groups is 1. The van der Waals surface area contributed by atoms with E-state index in [1.165, 1.54) is 14.2 Å². The van der Waals surface area contributed by atoms with Crippen LogP contribution in [0.2, 0.25) is 0 Å². The van der Waals surface area contributed by atoms with E-state index >= 15 is 0 Å². The Morgan fingerprint density at radius 2 is 2.00 bits per heavy atom. The predicted octanol–water partition coefficient (Wildman–Crippen LogP) is 0.386. The molecule has 0 bridgehead atoms. The number of hydrogen-bond acceptors (Lipinski definition) is 4. The number of benzene rings is 1. The van der Waals surface area contributed by atoms with Gasteiger partial charge in [-0.25, -0.2) is 0 Å². The van der Waals surface area contributed by atoms with E-state index in [1.54, 1.807) is 24.3 Å². The van der Waals surface area contributed by atoms with Gasteiger partial charge in [0.05, 0.1) is 12.8 Å². The fourth-order valence-electron chi connectivity index (χ4n) is 1.68. The highest BCUT2D eigenvalue weighted by atomic mass is 16.7. The van der Waals surface area contributed by atoms with Crippen LogP contribution in [0, 0.1) is 0 Å². The van der Waals surface area contributed by atoms with Crippen LogP contribution in [-0.2, 0) is 20.2 Å². The molecule has 0 spiro atoms. The minimum Gasteiger partial charge on any atom is -0.354 e. The summed E-state index contributed by atoms with van der Waals surface area (Å²) in [6.07, 6.45) is 0. The van der Waals surface area contributed by atoms with Crippen molar-refractivity contribution in [1.82, 2.24) is 0 Å². The highest BCUT2D eigenvalue weighted by molar-refractivity contribution is 6.04. The molecule has 80 valence electrons. The first kappa shape index (κ1) is 10.1. The summed E-state index contributed by atoms with van der Waals surface area (Å²) < 4.78 is 4.85. The molecule has 1 aliphatic rings. The number of amides is 1. The SMILES string of the molecule is CON1C(=O)C(O)(OC)c2ccccc21. The maximum absolute atomic E-state index is 11.8. The van der Waals surface area contributed by atoms with Crippen molar-refractivity contribution < 1.29 is 19.5 Å². The molecule has 1 amide bonds. The van der Waals surface area contributed by atoms with Crippen LogP contribution in [0.25, 0.3) is 0 Å². The zero-order chi connectivity index (χ0) is 11.1. The molecule has 15 heavy (non-hydrogen) atoms. The van der Waals surface area contributed by atoms with Gasteiger partial charge in [-0.15, -0.1) is 0 Å². The average molecular weight is 209 g/mol. The van der Waals surface area contributed by atoms with E-state index < -0.39 is 11.7 Å². The van der Waals surface area contributed by atoms with Gasteiger partial charge in [0.1, 0.15) is 0 Å². The lowest BCUT2D eigenvalue weighted by Crippen LogP contribution is -2.41. The fourth-order valence-corrected chi connectivity index (χ4v) is 1.68. The Labute approximate surface area is 86.8 Å².